The number of carbonyl (C=O) groups is 1. The minimum absolute atomic E-state index is 0.0715. The molecule has 2 heterocycles. The van der Waals surface area contributed by atoms with Gasteiger partial charge in [0.1, 0.15) is 0 Å². The zero-order valence-corrected chi connectivity index (χ0v) is 13.7. The van der Waals surface area contributed by atoms with Crippen LogP contribution in [0.2, 0.25) is 0 Å². The van der Waals surface area contributed by atoms with Crippen LogP contribution in [0.3, 0.4) is 0 Å². The normalized spacial score (nSPS) is 14.7. The lowest BCUT2D eigenvalue weighted by molar-refractivity contribution is 0.0951. The van der Waals surface area contributed by atoms with Crippen LogP contribution in [0.1, 0.15) is 40.5 Å². The van der Waals surface area contributed by atoms with E-state index in [2.05, 4.69) is 9.97 Å². The van der Waals surface area contributed by atoms with Crippen LogP contribution < -0.4 is 4.72 Å². The molecule has 1 N–H and O–H groups in total. The van der Waals surface area contributed by atoms with Crippen molar-refractivity contribution in [1.29, 1.82) is 0 Å². The number of oxazole rings is 1. The summed E-state index contributed by atoms with van der Waals surface area (Å²) in [5.74, 6) is 0.130. The van der Waals surface area contributed by atoms with Crippen molar-refractivity contribution in [2.24, 2.45) is 5.92 Å². The van der Waals surface area contributed by atoms with Gasteiger partial charge in [0.2, 0.25) is 5.76 Å². The minimum Gasteiger partial charge on any atom is -0.435 e. The number of hydrogen-bond donors (Lipinski definition) is 1. The Labute approximate surface area is 134 Å². The molecule has 122 valence electrons. The number of amides is 1. The Bertz CT molecular complexity index is 853. The first-order valence-corrected chi connectivity index (χ1v) is 8.80. The van der Waals surface area contributed by atoms with Gasteiger partial charge in [-0.05, 0) is 44.2 Å². The van der Waals surface area contributed by atoms with Crippen LogP contribution in [0, 0.1) is 19.8 Å². The number of pyridine rings is 1. The molecule has 0 radical (unpaired) electrons. The van der Waals surface area contributed by atoms with Gasteiger partial charge in [-0.15, -0.1) is 0 Å². The second-order valence-electron chi connectivity index (χ2n) is 5.73. The topological polar surface area (TPSA) is 102 Å². The fraction of sp³-hybridized carbons (Fsp3) is 0.400. The van der Waals surface area contributed by atoms with E-state index >= 15 is 0 Å². The Kier molecular flexibility index (Phi) is 3.93. The van der Waals surface area contributed by atoms with Gasteiger partial charge in [-0.2, -0.15) is 8.42 Å². The van der Waals surface area contributed by atoms with Gasteiger partial charge in [-0.3, -0.25) is 4.79 Å². The first-order chi connectivity index (χ1) is 10.9. The van der Waals surface area contributed by atoms with Crippen LogP contribution in [-0.4, -0.2) is 24.3 Å². The summed E-state index contributed by atoms with van der Waals surface area (Å²) in [6.45, 7) is 3.23. The first-order valence-electron chi connectivity index (χ1n) is 7.32. The average Bonchev–Trinajstić information content (AvgIpc) is 3.20. The number of aromatic nitrogens is 2. The molecule has 23 heavy (non-hydrogen) atoms. The third-order valence-electron chi connectivity index (χ3n) is 3.65. The molecule has 0 aliphatic heterocycles. The van der Waals surface area contributed by atoms with Crippen molar-refractivity contribution in [3.05, 3.63) is 41.2 Å². The van der Waals surface area contributed by atoms with Crippen LogP contribution in [0.4, 0.5) is 0 Å². The molecule has 0 bridgehead atoms. The summed E-state index contributed by atoms with van der Waals surface area (Å²) < 4.78 is 32.0. The molecule has 0 spiro atoms. The van der Waals surface area contributed by atoms with Crippen molar-refractivity contribution >= 4 is 15.9 Å². The van der Waals surface area contributed by atoms with Crippen LogP contribution in [0.5, 0.6) is 0 Å². The molecule has 7 nitrogen and oxygen atoms in total. The highest BCUT2D eigenvalue weighted by Gasteiger charge is 2.28. The van der Waals surface area contributed by atoms with Gasteiger partial charge in [0.05, 0.1) is 5.69 Å². The van der Waals surface area contributed by atoms with E-state index in [4.69, 9.17) is 4.42 Å². The smallest absolute Gasteiger partial charge is 0.302 e. The van der Waals surface area contributed by atoms with Gasteiger partial charge in [-0.1, -0.05) is 6.07 Å². The Morgan fingerprint density at radius 1 is 1.39 bits per heavy atom. The standard InChI is InChI=1S/C15H17N3O4S/c1-9-4-3-7-16-15(9)23(20,21)18-14(19)13-10(2)17-12(22-13)8-11-5-6-11/h3-4,7,11H,5-6,8H2,1-2H3,(H,18,19). The number of nitrogens with zero attached hydrogens (tertiary/aromatic N) is 2. The molecule has 1 saturated carbocycles. The summed E-state index contributed by atoms with van der Waals surface area (Å²) in [6.07, 6.45) is 4.31. The number of hydrogen-bond acceptors (Lipinski definition) is 6. The van der Waals surface area contributed by atoms with Crippen LogP contribution in [0.25, 0.3) is 0 Å². The van der Waals surface area contributed by atoms with Gasteiger partial charge < -0.3 is 4.42 Å². The quantitative estimate of drug-likeness (QED) is 0.893. The van der Waals surface area contributed by atoms with E-state index in [0.29, 0.717) is 29.5 Å². The highest BCUT2D eigenvalue weighted by atomic mass is 32.2. The average molecular weight is 335 g/mol. The maximum absolute atomic E-state index is 12.3. The third kappa shape index (κ3) is 3.42. The summed E-state index contributed by atoms with van der Waals surface area (Å²) in [4.78, 5) is 20.2. The molecule has 1 aliphatic rings. The van der Waals surface area contributed by atoms with E-state index in [1.54, 1.807) is 26.0 Å². The van der Waals surface area contributed by atoms with E-state index in [1.807, 2.05) is 4.72 Å². The highest BCUT2D eigenvalue weighted by molar-refractivity contribution is 7.90. The van der Waals surface area contributed by atoms with Crippen LogP contribution in [0.15, 0.2) is 27.8 Å². The largest absolute Gasteiger partial charge is 0.435 e. The predicted molar refractivity (Wildman–Crippen MR) is 81.3 cm³/mol. The van der Waals surface area contributed by atoms with Crippen molar-refractivity contribution in [1.82, 2.24) is 14.7 Å². The van der Waals surface area contributed by atoms with Crippen molar-refractivity contribution in [3.8, 4) is 0 Å². The molecular weight excluding hydrogens is 318 g/mol. The number of rotatable bonds is 5. The second kappa shape index (κ2) is 5.77. The maximum Gasteiger partial charge on any atom is 0.302 e. The van der Waals surface area contributed by atoms with Crippen LogP contribution in [-0.2, 0) is 16.4 Å². The first kappa shape index (κ1) is 15.7. The zero-order valence-electron chi connectivity index (χ0n) is 12.9. The van der Waals surface area contributed by atoms with Crippen molar-refractivity contribution in [3.63, 3.8) is 0 Å². The lowest BCUT2D eigenvalue weighted by Gasteiger charge is -2.07. The van der Waals surface area contributed by atoms with Gasteiger partial charge >= 0.3 is 5.91 Å². The SMILES string of the molecule is Cc1cccnc1S(=O)(=O)NC(=O)c1oc(CC2CC2)nc1C. The number of aryl methyl sites for hydroxylation is 2. The minimum atomic E-state index is -4.05. The molecule has 2 aromatic rings. The predicted octanol–water partition coefficient (Wildman–Crippen LogP) is 1.76. The molecule has 8 heteroatoms. The van der Waals surface area contributed by atoms with E-state index < -0.39 is 15.9 Å². The molecule has 0 aromatic carbocycles. The Hall–Kier alpha value is -2.22. The number of nitrogens with one attached hydrogen (secondary N) is 1. The number of carbonyl (C=O) groups excluding carboxylic acids is 1. The van der Waals surface area contributed by atoms with E-state index in [1.165, 1.54) is 6.20 Å². The fourth-order valence-corrected chi connectivity index (χ4v) is 3.41. The monoisotopic (exact) mass is 335 g/mol. The Morgan fingerprint density at radius 3 is 2.78 bits per heavy atom. The summed E-state index contributed by atoms with van der Waals surface area (Å²) in [5.41, 5.74) is 0.836. The second-order valence-corrected chi connectivity index (χ2v) is 7.33. The highest BCUT2D eigenvalue weighted by Crippen LogP contribution is 2.32. The Morgan fingerprint density at radius 2 is 2.13 bits per heavy atom. The zero-order chi connectivity index (χ0) is 16.6. The van der Waals surface area contributed by atoms with Crippen molar-refractivity contribution in [2.75, 3.05) is 0 Å². The lowest BCUT2D eigenvalue weighted by atomic mass is 10.3. The third-order valence-corrected chi connectivity index (χ3v) is 5.04. The van der Waals surface area contributed by atoms with E-state index in [9.17, 15) is 13.2 Å². The number of sulfonamides is 1. The fourth-order valence-electron chi connectivity index (χ4n) is 2.29. The van der Waals surface area contributed by atoms with Crippen LogP contribution >= 0.6 is 0 Å². The molecule has 1 amide bonds. The summed E-state index contributed by atoms with van der Waals surface area (Å²) in [5, 5.41) is -0.177. The molecule has 3 rings (SSSR count). The molecule has 2 aromatic heterocycles. The molecule has 0 unspecified atom stereocenters. The Balaban J connectivity index is 1.81. The summed E-state index contributed by atoms with van der Waals surface area (Å²) >= 11 is 0. The van der Waals surface area contributed by atoms with Crippen molar-refractivity contribution in [2.45, 2.75) is 38.1 Å². The molecule has 0 saturated heterocycles. The summed E-state index contributed by atoms with van der Waals surface area (Å²) in [6, 6.07) is 3.24. The van der Waals surface area contributed by atoms with Crippen molar-refractivity contribution < 1.29 is 17.6 Å². The molecule has 1 fully saturated rings. The maximum atomic E-state index is 12.3. The molecule has 0 atom stereocenters. The van der Waals surface area contributed by atoms with Gasteiger partial charge in [0.25, 0.3) is 10.0 Å². The van der Waals surface area contributed by atoms with E-state index in [0.717, 1.165) is 12.8 Å². The molecular formula is C15H17N3O4S. The molecule has 1 aliphatic carbocycles. The van der Waals surface area contributed by atoms with Gasteiger partial charge in [-0.25, -0.2) is 14.7 Å². The summed E-state index contributed by atoms with van der Waals surface area (Å²) in [7, 11) is -4.05. The van der Waals surface area contributed by atoms with Gasteiger partial charge in [0, 0.05) is 12.6 Å². The lowest BCUT2D eigenvalue weighted by Crippen LogP contribution is -2.31. The van der Waals surface area contributed by atoms with E-state index in [-0.39, 0.29) is 10.8 Å². The van der Waals surface area contributed by atoms with Gasteiger partial charge in [0.15, 0.2) is 10.9 Å².